The van der Waals surface area contributed by atoms with Crippen molar-refractivity contribution in [3.63, 3.8) is 0 Å². The van der Waals surface area contributed by atoms with Crippen LogP contribution in [0.25, 0.3) is 0 Å². The minimum Gasteiger partial charge on any atom is -0.303 e. The van der Waals surface area contributed by atoms with Gasteiger partial charge in [-0.05, 0) is 38.9 Å². The average Bonchev–Trinajstić information content (AvgIpc) is 2.25. The quantitative estimate of drug-likeness (QED) is 0.501. The highest BCUT2D eigenvalue weighted by Gasteiger charge is 2.18. The fourth-order valence-electron chi connectivity index (χ4n) is 2.10. The van der Waals surface area contributed by atoms with Gasteiger partial charge in [0.25, 0.3) is 0 Å². The van der Waals surface area contributed by atoms with Crippen LogP contribution in [0.1, 0.15) is 39.0 Å². The molecule has 4 heteroatoms. The second kappa shape index (κ2) is 6.77. The summed E-state index contributed by atoms with van der Waals surface area (Å²) in [6.07, 6.45) is 7.24. The minimum atomic E-state index is -0.449. The molecule has 1 atom stereocenters. The molecule has 1 fully saturated rings. The van der Waals surface area contributed by atoms with Crippen molar-refractivity contribution in [2.24, 2.45) is 0 Å². The highest BCUT2D eigenvalue weighted by Crippen LogP contribution is 2.11. The molecule has 0 amide bonds. The number of piperidine rings is 1. The van der Waals surface area contributed by atoms with Gasteiger partial charge in [0.1, 0.15) is 0 Å². The van der Waals surface area contributed by atoms with Crippen LogP contribution in [0.5, 0.6) is 0 Å². The molecule has 0 aliphatic carbocycles. The van der Waals surface area contributed by atoms with Gasteiger partial charge in [0, 0.05) is 17.8 Å². The highest BCUT2D eigenvalue weighted by atomic mass is 16.6. The molecule has 0 aromatic heterocycles. The Morgan fingerprint density at radius 3 is 2.60 bits per heavy atom. The Morgan fingerprint density at radius 1 is 1.40 bits per heavy atom. The van der Waals surface area contributed by atoms with Crippen LogP contribution in [0.2, 0.25) is 0 Å². The van der Waals surface area contributed by atoms with Crippen molar-refractivity contribution in [2.45, 2.75) is 45.1 Å². The molecule has 1 heterocycles. The summed E-state index contributed by atoms with van der Waals surface area (Å²) in [4.78, 5) is 12.8. The van der Waals surface area contributed by atoms with Gasteiger partial charge in [0.05, 0.1) is 0 Å². The van der Waals surface area contributed by atoms with Crippen molar-refractivity contribution in [1.82, 2.24) is 4.90 Å². The Hall–Kier alpha value is -0.640. The summed E-state index contributed by atoms with van der Waals surface area (Å²) >= 11 is 0. The zero-order valence-corrected chi connectivity index (χ0v) is 9.52. The first kappa shape index (κ1) is 12.4. The molecule has 0 bridgehead atoms. The van der Waals surface area contributed by atoms with Crippen molar-refractivity contribution in [1.29, 1.82) is 0 Å². The van der Waals surface area contributed by atoms with Gasteiger partial charge >= 0.3 is 0 Å². The number of likely N-dealkylation sites (tertiary alicyclic amines) is 1. The van der Waals surface area contributed by atoms with Gasteiger partial charge < -0.3 is 4.90 Å². The molecule has 0 spiro atoms. The molecule has 4 nitrogen and oxygen atoms in total. The molecule has 1 saturated heterocycles. The summed E-state index contributed by atoms with van der Waals surface area (Å²) in [7, 11) is 0. The van der Waals surface area contributed by atoms with E-state index >= 15 is 0 Å². The molecule has 0 aromatic carbocycles. The lowest BCUT2D eigenvalue weighted by molar-refractivity contribution is -0.514. The van der Waals surface area contributed by atoms with E-state index in [0.717, 1.165) is 13.0 Å². The zero-order valence-electron chi connectivity index (χ0n) is 9.52. The number of hydrogen-bond acceptors (Lipinski definition) is 3. The van der Waals surface area contributed by atoms with Crippen LogP contribution in [0, 0.1) is 16.5 Å². The highest BCUT2D eigenvalue weighted by molar-refractivity contribution is 4.72. The van der Waals surface area contributed by atoms with Crippen LogP contribution in [-0.2, 0) is 0 Å². The van der Waals surface area contributed by atoms with Crippen molar-refractivity contribution in [3.8, 4) is 0 Å². The van der Waals surface area contributed by atoms with E-state index in [1.54, 1.807) is 13.3 Å². The lowest BCUT2D eigenvalue weighted by Gasteiger charge is -2.26. The second-order valence-corrected chi connectivity index (χ2v) is 4.23. The SMILES string of the molecule is C[CH]C(CCCN1CCCCC1)[N+](=O)[O-]. The average molecular weight is 213 g/mol. The van der Waals surface area contributed by atoms with E-state index in [-0.39, 0.29) is 4.92 Å². The molecule has 1 aliphatic rings. The topological polar surface area (TPSA) is 46.4 Å². The summed E-state index contributed by atoms with van der Waals surface area (Å²) in [5.74, 6) is 0. The summed E-state index contributed by atoms with van der Waals surface area (Å²) in [5, 5.41) is 10.6. The molecule has 1 unspecified atom stereocenters. The number of hydrogen-bond donors (Lipinski definition) is 0. The number of nitro groups is 1. The van der Waals surface area contributed by atoms with Gasteiger partial charge in [-0.15, -0.1) is 0 Å². The fraction of sp³-hybridized carbons (Fsp3) is 0.909. The molecule has 15 heavy (non-hydrogen) atoms. The van der Waals surface area contributed by atoms with Crippen LogP contribution in [0.15, 0.2) is 0 Å². The van der Waals surface area contributed by atoms with E-state index in [1.165, 1.54) is 32.4 Å². The van der Waals surface area contributed by atoms with E-state index in [0.29, 0.717) is 6.42 Å². The third-order valence-corrected chi connectivity index (χ3v) is 3.08. The monoisotopic (exact) mass is 213 g/mol. The summed E-state index contributed by atoms with van der Waals surface area (Å²) in [6.45, 7) is 5.16. The first-order valence-corrected chi connectivity index (χ1v) is 5.89. The largest absolute Gasteiger partial charge is 0.303 e. The van der Waals surface area contributed by atoms with E-state index in [1.807, 2.05) is 0 Å². The summed E-state index contributed by atoms with van der Waals surface area (Å²) in [5.41, 5.74) is 0. The van der Waals surface area contributed by atoms with E-state index in [4.69, 9.17) is 0 Å². The Kier molecular flexibility index (Phi) is 5.61. The van der Waals surface area contributed by atoms with Crippen molar-refractivity contribution in [3.05, 3.63) is 16.5 Å². The van der Waals surface area contributed by atoms with Gasteiger partial charge in [-0.2, -0.15) is 0 Å². The molecular weight excluding hydrogens is 192 g/mol. The molecule has 0 saturated carbocycles. The first-order chi connectivity index (χ1) is 7.24. The second-order valence-electron chi connectivity index (χ2n) is 4.23. The van der Waals surface area contributed by atoms with Gasteiger partial charge in [-0.3, -0.25) is 10.1 Å². The standard InChI is InChI=1S/C11H21N2O2/c1-2-11(13(14)15)7-6-10-12-8-4-3-5-9-12/h2,11H,3-10H2,1H3. The molecule has 87 valence electrons. The summed E-state index contributed by atoms with van der Waals surface area (Å²) in [6, 6.07) is -0.449. The zero-order chi connectivity index (χ0) is 11.1. The number of rotatable bonds is 6. The molecular formula is C11H21N2O2. The predicted octanol–water partition coefficient (Wildman–Crippen LogP) is 2.12. The van der Waals surface area contributed by atoms with Crippen LogP contribution in [0.4, 0.5) is 0 Å². The van der Waals surface area contributed by atoms with Crippen LogP contribution < -0.4 is 0 Å². The van der Waals surface area contributed by atoms with Crippen molar-refractivity contribution < 1.29 is 4.92 Å². The Balaban J connectivity index is 2.11. The molecule has 1 aliphatic heterocycles. The Morgan fingerprint density at radius 2 is 2.07 bits per heavy atom. The normalized spacial score (nSPS) is 20.1. The minimum absolute atomic E-state index is 0.184. The molecule has 0 N–H and O–H groups in total. The Labute approximate surface area is 91.8 Å². The molecule has 1 radical (unpaired) electrons. The summed E-state index contributed by atoms with van der Waals surface area (Å²) < 4.78 is 0. The van der Waals surface area contributed by atoms with Crippen LogP contribution in [-0.4, -0.2) is 35.5 Å². The van der Waals surface area contributed by atoms with Crippen LogP contribution >= 0.6 is 0 Å². The smallest absolute Gasteiger partial charge is 0.216 e. The fourth-order valence-corrected chi connectivity index (χ4v) is 2.10. The van der Waals surface area contributed by atoms with Gasteiger partial charge in [0.2, 0.25) is 6.04 Å². The lowest BCUT2D eigenvalue weighted by Crippen LogP contribution is -2.31. The van der Waals surface area contributed by atoms with E-state index in [9.17, 15) is 10.1 Å². The lowest BCUT2D eigenvalue weighted by atomic mass is 10.1. The molecule has 0 aromatic rings. The van der Waals surface area contributed by atoms with Crippen LogP contribution in [0.3, 0.4) is 0 Å². The predicted molar refractivity (Wildman–Crippen MR) is 60.3 cm³/mol. The first-order valence-electron chi connectivity index (χ1n) is 5.89. The Bertz CT molecular complexity index is 191. The maximum absolute atomic E-state index is 10.6. The molecule has 1 rings (SSSR count). The van der Waals surface area contributed by atoms with Gasteiger partial charge in [-0.25, -0.2) is 0 Å². The maximum Gasteiger partial charge on any atom is 0.216 e. The third kappa shape index (κ3) is 4.60. The van der Waals surface area contributed by atoms with Gasteiger partial charge in [-0.1, -0.05) is 13.3 Å². The van der Waals surface area contributed by atoms with Crippen molar-refractivity contribution >= 4 is 0 Å². The maximum atomic E-state index is 10.6. The third-order valence-electron chi connectivity index (χ3n) is 3.08. The van der Waals surface area contributed by atoms with Gasteiger partial charge in [0.15, 0.2) is 0 Å². The van der Waals surface area contributed by atoms with E-state index < -0.39 is 6.04 Å². The number of nitrogens with zero attached hydrogens (tertiary/aromatic N) is 2. The van der Waals surface area contributed by atoms with E-state index in [2.05, 4.69) is 4.90 Å². The van der Waals surface area contributed by atoms with Crippen molar-refractivity contribution in [2.75, 3.05) is 19.6 Å².